The Morgan fingerprint density at radius 1 is 1.07 bits per heavy atom. The molecule has 1 rings (SSSR count). The molecular weight excluding hydrogens is 410 g/mol. The van der Waals surface area contributed by atoms with Crippen LogP contribution in [0.25, 0.3) is 0 Å². The fourth-order valence-electron chi connectivity index (χ4n) is 2.40. The maximum atomic E-state index is 11.2. The summed E-state index contributed by atoms with van der Waals surface area (Å²) in [6, 6.07) is 0. The first-order valence-corrected chi connectivity index (χ1v) is 12.3. The molecule has 0 fully saturated rings. The highest BCUT2D eigenvalue weighted by atomic mass is 32.2. The molecule has 0 bridgehead atoms. The zero-order chi connectivity index (χ0) is 22.5. The molecule has 0 aliphatic heterocycles. The van der Waals surface area contributed by atoms with Gasteiger partial charge in [-0.25, -0.2) is 13.1 Å². The number of nitrogens with zero attached hydrogens (tertiary/aromatic N) is 4. The van der Waals surface area contributed by atoms with Gasteiger partial charge in [-0.15, -0.1) is 5.10 Å². The Morgan fingerprint density at radius 2 is 1.67 bits per heavy atom. The molecule has 10 nitrogen and oxygen atoms in total. The maximum Gasteiger partial charge on any atom is 0.148 e. The third-order valence-electron chi connectivity index (χ3n) is 3.97. The Kier molecular flexibility index (Phi) is 12.6. The van der Waals surface area contributed by atoms with Crippen molar-refractivity contribution >= 4 is 9.84 Å². The summed E-state index contributed by atoms with van der Waals surface area (Å²) >= 11 is 0. The van der Waals surface area contributed by atoms with Gasteiger partial charge in [-0.2, -0.15) is 0 Å². The average molecular weight is 450 g/mol. The average Bonchev–Trinajstić information content (AvgIpc) is 3.06. The van der Waals surface area contributed by atoms with Gasteiger partial charge in [0.1, 0.15) is 9.84 Å². The second-order valence-electron chi connectivity index (χ2n) is 8.35. The standard InChI is InChI=1S/C19H39N5O5S/c1-19(2,3)20-6-9-27-11-13-29-14-12-28-10-7-24-17-18(21-22-24)16-23(4)8-15-30(5,25)26/h17,20H,6-16H2,1-5H3. The van der Waals surface area contributed by atoms with Gasteiger partial charge < -0.3 is 19.5 Å². The van der Waals surface area contributed by atoms with E-state index in [2.05, 4.69) is 36.4 Å². The van der Waals surface area contributed by atoms with Crippen molar-refractivity contribution in [1.29, 1.82) is 0 Å². The van der Waals surface area contributed by atoms with E-state index in [-0.39, 0.29) is 11.3 Å². The van der Waals surface area contributed by atoms with E-state index in [9.17, 15) is 8.42 Å². The van der Waals surface area contributed by atoms with Crippen LogP contribution in [0.2, 0.25) is 0 Å². The molecule has 0 atom stereocenters. The third kappa shape index (κ3) is 15.7. The molecule has 0 spiro atoms. The Labute approximate surface area is 181 Å². The van der Waals surface area contributed by atoms with E-state index < -0.39 is 9.84 Å². The van der Waals surface area contributed by atoms with E-state index in [0.29, 0.717) is 59.3 Å². The molecule has 11 heteroatoms. The van der Waals surface area contributed by atoms with Crippen LogP contribution in [-0.4, -0.2) is 106 Å². The first-order chi connectivity index (χ1) is 14.1. The van der Waals surface area contributed by atoms with Crippen LogP contribution in [0.15, 0.2) is 6.20 Å². The zero-order valence-corrected chi connectivity index (χ0v) is 19.9. The third-order valence-corrected chi connectivity index (χ3v) is 4.90. The fourth-order valence-corrected chi connectivity index (χ4v) is 3.04. The maximum absolute atomic E-state index is 11.2. The van der Waals surface area contributed by atoms with E-state index in [1.807, 2.05) is 18.1 Å². The van der Waals surface area contributed by atoms with Crippen molar-refractivity contribution < 1.29 is 22.6 Å². The van der Waals surface area contributed by atoms with Crippen molar-refractivity contribution in [3.05, 3.63) is 11.9 Å². The first kappa shape index (κ1) is 26.9. The summed E-state index contributed by atoms with van der Waals surface area (Å²) in [7, 11) is -1.10. The van der Waals surface area contributed by atoms with Gasteiger partial charge in [-0.3, -0.25) is 4.90 Å². The van der Waals surface area contributed by atoms with Crippen molar-refractivity contribution in [1.82, 2.24) is 25.2 Å². The van der Waals surface area contributed by atoms with Crippen molar-refractivity contribution in [2.24, 2.45) is 0 Å². The van der Waals surface area contributed by atoms with Gasteiger partial charge in [-0.1, -0.05) is 5.21 Å². The minimum Gasteiger partial charge on any atom is -0.378 e. The van der Waals surface area contributed by atoms with Gasteiger partial charge in [0.15, 0.2) is 0 Å². The van der Waals surface area contributed by atoms with E-state index >= 15 is 0 Å². The number of rotatable bonds is 17. The molecule has 1 aromatic heterocycles. The smallest absolute Gasteiger partial charge is 0.148 e. The number of nitrogens with one attached hydrogen (secondary N) is 1. The molecule has 30 heavy (non-hydrogen) atoms. The van der Waals surface area contributed by atoms with Crippen molar-refractivity contribution in [2.45, 2.75) is 39.4 Å². The molecule has 176 valence electrons. The summed E-state index contributed by atoms with van der Waals surface area (Å²) in [6.45, 7) is 12.2. The Bertz CT molecular complexity index is 675. The lowest BCUT2D eigenvalue weighted by atomic mass is 10.1. The highest BCUT2D eigenvalue weighted by Crippen LogP contribution is 2.00. The van der Waals surface area contributed by atoms with E-state index in [4.69, 9.17) is 14.2 Å². The quantitative estimate of drug-likeness (QED) is 0.334. The highest BCUT2D eigenvalue weighted by molar-refractivity contribution is 7.90. The van der Waals surface area contributed by atoms with Crippen LogP contribution >= 0.6 is 0 Å². The van der Waals surface area contributed by atoms with Gasteiger partial charge in [0.2, 0.25) is 0 Å². The molecule has 1 aromatic rings. The molecule has 1 N–H and O–H groups in total. The second kappa shape index (κ2) is 14.0. The highest BCUT2D eigenvalue weighted by Gasteiger charge is 2.09. The molecule has 0 radical (unpaired) electrons. The topological polar surface area (TPSA) is 108 Å². The lowest BCUT2D eigenvalue weighted by Gasteiger charge is -2.20. The van der Waals surface area contributed by atoms with Crippen LogP contribution in [0.5, 0.6) is 0 Å². The molecule has 0 aliphatic carbocycles. The van der Waals surface area contributed by atoms with E-state index in [1.54, 1.807) is 4.68 Å². The largest absolute Gasteiger partial charge is 0.378 e. The van der Waals surface area contributed by atoms with Crippen LogP contribution < -0.4 is 5.32 Å². The lowest BCUT2D eigenvalue weighted by molar-refractivity contribution is 0.0127. The molecule has 0 amide bonds. The van der Waals surface area contributed by atoms with Crippen LogP contribution in [0.1, 0.15) is 26.5 Å². The number of sulfone groups is 1. The van der Waals surface area contributed by atoms with E-state index in [0.717, 1.165) is 12.2 Å². The van der Waals surface area contributed by atoms with Gasteiger partial charge >= 0.3 is 0 Å². The minimum absolute atomic E-state index is 0.112. The Morgan fingerprint density at radius 3 is 2.27 bits per heavy atom. The lowest BCUT2D eigenvalue weighted by Crippen LogP contribution is -2.38. The monoisotopic (exact) mass is 449 g/mol. The number of aromatic nitrogens is 3. The van der Waals surface area contributed by atoms with Gasteiger partial charge in [0.25, 0.3) is 0 Å². The molecule has 0 aliphatic rings. The summed E-state index contributed by atoms with van der Waals surface area (Å²) in [5.74, 6) is 0.133. The number of ether oxygens (including phenoxy) is 3. The normalized spacial score (nSPS) is 12.7. The van der Waals surface area contributed by atoms with Crippen LogP contribution in [-0.2, 0) is 37.1 Å². The van der Waals surface area contributed by atoms with Crippen LogP contribution in [0, 0.1) is 0 Å². The number of hydrogen-bond donors (Lipinski definition) is 1. The summed E-state index contributed by atoms with van der Waals surface area (Å²) in [4.78, 5) is 1.91. The molecular formula is C19H39N5O5S. The zero-order valence-electron chi connectivity index (χ0n) is 19.1. The summed E-state index contributed by atoms with van der Waals surface area (Å²) in [5, 5.41) is 11.5. The summed E-state index contributed by atoms with van der Waals surface area (Å²) < 4.78 is 40.7. The SMILES string of the molecule is CN(CCS(C)(=O)=O)Cc1cn(CCOCCOCCOCCNC(C)(C)C)nn1. The molecule has 0 unspecified atom stereocenters. The van der Waals surface area contributed by atoms with Crippen LogP contribution in [0.3, 0.4) is 0 Å². The van der Waals surface area contributed by atoms with Crippen molar-refractivity contribution in [2.75, 3.05) is 71.8 Å². The summed E-state index contributed by atoms with van der Waals surface area (Å²) in [6.07, 6.45) is 3.09. The molecule has 0 saturated carbocycles. The van der Waals surface area contributed by atoms with Crippen molar-refractivity contribution in [3.8, 4) is 0 Å². The van der Waals surface area contributed by atoms with E-state index in [1.165, 1.54) is 6.26 Å². The van der Waals surface area contributed by atoms with Crippen molar-refractivity contribution in [3.63, 3.8) is 0 Å². The Hall–Kier alpha value is -1.11. The first-order valence-electron chi connectivity index (χ1n) is 10.3. The van der Waals surface area contributed by atoms with Gasteiger partial charge in [-0.05, 0) is 27.8 Å². The summed E-state index contributed by atoms with van der Waals surface area (Å²) in [5.41, 5.74) is 0.911. The predicted octanol–water partition coefficient (Wildman–Crippen LogP) is 0.192. The molecule has 0 saturated heterocycles. The fraction of sp³-hybridized carbons (Fsp3) is 0.895. The van der Waals surface area contributed by atoms with Gasteiger partial charge in [0.05, 0.1) is 57.6 Å². The Balaban J connectivity index is 1.99. The van der Waals surface area contributed by atoms with Gasteiger partial charge in [0, 0.05) is 37.6 Å². The van der Waals surface area contributed by atoms with Crippen LogP contribution in [0.4, 0.5) is 0 Å². The number of hydrogen-bond acceptors (Lipinski definition) is 9. The predicted molar refractivity (Wildman–Crippen MR) is 116 cm³/mol. The minimum atomic E-state index is -2.96. The molecule has 0 aromatic carbocycles. The second-order valence-corrected chi connectivity index (χ2v) is 10.6. The molecule has 1 heterocycles.